The molecule has 0 bridgehead atoms. The van der Waals surface area contributed by atoms with Gasteiger partial charge in [-0.05, 0) is 64.2 Å². The Morgan fingerprint density at radius 2 is 1.81 bits per heavy atom. The van der Waals surface area contributed by atoms with Gasteiger partial charge in [0.2, 0.25) is 0 Å². The van der Waals surface area contributed by atoms with E-state index in [1.807, 2.05) is 12.1 Å². The highest BCUT2D eigenvalue weighted by atomic mass is 79.9. The van der Waals surface area contributed by atoms with Crippen molar-refractivity contribution >= 4 is 43.8 Å². The second-order valence-corrected chi connectivity index (χ2v) is 7.48. The van der Waals surface area contributed by atoms with Crippen LogP contribution in [0.15, 0.2) is 45.3 Å². The van der Waals surface area contributed by atoms with Gasteiger partial charge in [0.05, 0.1) is 4.47 Å². The fourth-order valence-corrected chi connectivity index (χ4v) is 3.10. The van der Waals surface area contributed by atoms with Crippen LogP contribution in [0.5, 0.6) is 11.5 Å². The van der Waals surface area contributed by atoms with Crippen LogP contribution in [0.2, 0.25) is 0 Å². The van der Waals surface area contributed by atoms with Crippen LogP contribution in [0.1, 0.15) is 42.1 Å². The zero-order valence-corrected chi connectivity index (χ0v) is 17.5. The maximum Gasteiger partial charge on any atom is 0.349 e. The van der Waals surface area contributed by atoms with Crippen LogP contribution in [-0.4, -0.2) is 23.7 Å². The molecule has 0 heterocycles. The molecule has 0 aliphatic heterocycles. The van der Waals surface area contributed by atoms with Crippen molar-refractivity contribution in [3.05, 3.63) is 56.5 Å². The molecule has 0 saturated carbocycles. The third-order valence-corrected chi connectivity index (χ3v) is 4.99. The third kappa shape index (κ3) is 5.32. The molecular weight excluding hydrogens is 468 g/mol. The van der Waals surface area contributed by atoms with Crippen LogP contribution in [0.4, 0.5) is 0 Å². The van der Waals surface area contributed by atoms with Gasteiger partial charge in [-0.3, -0.25) is 0 Å². The summed E-state index contributed by atoms with van der Waals surface area (Å²) in [5.41, 5.74) is 1.07. The molecule has 2 aromatic carbocycles. The first kappa shape index (κ1) is 20.5. The quantitative estimate of drug-likeness (QED) is 0.419. The summed E-state index contributed by atoms with van der Waals surface area (Å²) in [6, 6.07) is 10.1. The molecule has 1 unspecified atom stereocenters. The van der Waals surface area contributed by atoms with Crippen LogP contribution in [0.3, 0.4) is 0 Å². The van der Waals surface area contributed by atoms with Crippen molar-refractivity contribution in [2.45, 2.75) is 26.2 Å². The van der Waals surface area contributed by atoms with E-state index in [1.54, 1.807) is 12.1 Å². The molecule has 5 nitrogen and oxygen atoms in total. The average molecular weight is 486 g/mol. The lowest BCUT2D eigenvalue weighted by molar-refractivity contribution is -0.136. The molecule has 0 fully saturated rings. The number of rotatable bonds is 7. The second kappa shape index (κ2) is 9.19. The fraction of sp³-hybridized carbons (Fsp3) is 0.263. The molecule has 0 radical (unpaired) electrons. The Hall–Kier alpha value is -1.86. The number of carboxylic acid groups (broad SMARTS) is 1. The van der Waals surface area contributed by atoms with Gasteiger partial charge < -0.3 is 14.6 Å². The van der Waals surface area contributed by atoms with Gasteiger partial charge in [-0.15, -0.1) is 0 Å². The van der Waals surface area contributed by atoms with E-state index < -0.39 is 11.9 Å². The van der Waals surface area contributed by atoms with E-state index >= 15 is 0 Å². The molecule has 0 aromatic heterocycles. The van der Waals surface area contributed by atoms with Crippen LogP contribution < -0.4 is 9.47 Å². The Kier molecular flexibility index (Phi) is 7.23. The Morgan fingerprint density at radius 1 is 1.12 bits per heavy atom. The number of hydrogen-bond acceptors (Lipinski definition) is 4. The summed E-state index contributed by atoms with van der Waals surface area (Å²) >= 11 is 6.63. The van der Waals surface area contributed by atoms with E-state index in [4.69, 9.17) is 9.47 Å². The number of benzene rings is 2. The number of esters is 1. The molecule has 0 aliphatic rings. The molecule has 1 N–H and O–H groups in total. The topological polar surface area (TPSA) is 72.8 Å². The Labute approximate surface area is 168 Å². The molecule has 0 spiro atoms. The predicted octanol–water partition coefficient (Wildman–Crippen LogP) is 5.41. The van der Waals surface area contributed by atoms with Gasteiger partial charge in [-0.2, -0.15) is 0 Å². The minimum Gasteiger partial charge on any atom is -0.481 e. The van der Waals surface area contributed by atoms with Gasteiger partial charge in [0.15, 0.2) is 6.61 Å². The summed E-state index contributed by atoms with van der Waals surface area (Å²) in [5, 5.41) is 9.19. The van der Waals surface area contributed by atoms with E-state index in [2.05, 4.69) is 45.7 Å². The Balaban J connectivity index is 2.03. The standard InChI is InChI=1S/C19H18Br2O5/c1-3-11(2)12-4-6-17(15(21)8-12)25-10-18(22)26-16-7-5-13(20)9-14(16)19(23)24/h4-9,11H,3,10H2,1-2H3,(H,23,24). The van der Waals surface area contributed by atoms with E-state index in [0.717, 1.165) is 10.9 Å². The lowest BCUT2D eigenvalue weighted by Crippen LogP contribution is -2.19. The molecular formula is C19H18Br2O5. The van der Waals surface area contributed by atoms with Crippen molar-refractivity contribution in [2.24, 2.45) is 0 Å². The zero-order valence-electron chi connectivity index (χ0n) is 14.3. The number of halogens is 2. The minimum atomic E-state index is -1.18. The molecule has 2 rings (SSSR count). The summed E-state index contributed by atoms with van der Waals surface area (Å²) in [6.07, 6.45) is 1.03. The third-order valence-electron chi connectivity index (χ3n) is 3.88. The highest BCUT2D eigenvalue weighted by Gasteiger charge is 2.16. The first-order valence-electron chi connectivity index (χ1n) is 7.97. The van der Waals surface area contributed by atoms with Crippen LogP contribution in [0.25, 0.3) is 0 Å². The van der Waals surface area contributed by atoms with Gasteiger partial charge in [0.1, 0.15) is 17.1 Å². The Bertz CT molecular complexity index is 820. The number of carboxylic acids is 1. The van der Waals surface area contributed by atoms with Crippen molar-refractivity contribution in [2.75, 3.05) is 6.61 Å². The van der Waals surface area contributed by atoms with Gasteiger partial charge in [-0.1, -0.05) is 35.8 Å². The monoisotopic (exact) mass is 484 g/mol. The largest absolute Gasteiger partial charge is 0.481 e. The van der Waals surface area contributed by atoms with Crippen molar-refractivity contribution in [3.63, 3.8) is 0 Å². The first-order chi connectivity index (χ1) is 12.3. The van der Waals surface area contributed by atoms with Crippen LogP contribution in [0, 0.1) is 0 Å². The zero-order chi connectivity index (χ0) is 19.3. The lowest BCUT2D eigenvalue weighted by Gasteiger charge is -2.13. The maximum absolute atomic E-state index is 12.0. The molecule has 0 saturated heterocycles. The normalized spacial score (nSPS) is 11.7. The van der Waals surface area contributed by atoms with Crippen LogP contribution in [-0.2, 0) is 4.79 Å². The summed E-state index contributed by atoms with van der Waals surface area (Å²) < 4.78 is 11.9. The summed E-state index contributed by atoms with van der Waals surface area (Å²) in [6.45, 7) is 3.92. The highest BCUT2D eigenvalue weighted by molar-refractivity contribution is 9.10. The fourth-order valence-electron chi connectivity index (χ4n) is 2.22. The predicted molar refractivity (Wildman–Crippen MR) is 105 cm³/mol. The first-order valence-corrected chi connectivity index (χ1v) is 9.56. The molecule has 7 heteroatoms. The van der Waals surface area contributed by atoms with Gasteiger partial charge >= 0.3 is 11.9 Å². The minimum absolute atomic E-state index is 0.0273. The van der Waals surface area contributed by atoms with Gasteiger partial charge in [0, 0.05) is 4.47 Å². The SMILES string of the molecule is CCC(C)c1ccc(OCC(=O)Oc2ccc(Br)cc2C(=O)O)c(Br)c1. The summed E-state index contributed by atoms with van der Waals surface area (Å²) in [5.74, 6) is -0.952. The maximum atomic E-state index is 12.0. The number of hydrogen-bond donors (Lipinski definition) is 1. The molecule has 2 aromatic rings. The molecule has 26 heavy (non-hydrogen) atoms. The summed E-state index contributed by atoms with van der Waals surface area (Å²) in [4.78, 5) is 23.3. The lowest BCUT2D eigenvalue weighted by atomic mass is 9.99. The second-order valence-electron chi connectivity index (χ2n) is 5.71. The molecule has 1 atom stereocenters. The molecule has 138 valence electrons. The van der Waals surface area contributed by atoms with E-state index in [-0.39, 0.29) is 17.9 Å². The van der Waals surface area contributed by atoms with E-state index in [9.17, 15) is 14.7 Å². The average Bonchev–Trinajstić information content (AvgIpc) is 2.61. The van der Waals surface area contributed by atoms with E-state index in [0.29, 0.717) is 16.1 Å². The van der Waals surface area contributed by atoms with E-state index in [1.165, 1.54) is 17.7 Å². The molecule has 0 amide bonds. The number of ether oxygens (including phenoxy) is 2. The number of aromatic carboxylic acids is 1. The van der Waals surface area contributed by atoms with Crippen molar-refractivity contribution in [3.8, 4) is 11.5 Å². The van der Waals surface area contributed by atoms with Crippen molar-refractivity contribution in [1.82, 2.24) is 0 Å². The van der Waals surface area contributed by atoms with Gasteiger partial charge in [0.25, 0.3) is 0 Å². The molecule has 0 aliphatic carbocycles. The number of carbonyl (C=O) groups is 2. The van der Waals surface area contributed by atoms with Crippen molar-refractivity contribution < 1.29 is 24.2 Å². The van der Waals surface area contributed by atoms with Gasteiger partial charge in [-0.25, -0.2) is 9.59 Å². The van der Waals surface area contributed by atoms with Crippen LogP contribution >= 0.6 is 31.9 Å². The summed E-state index contributed by atoms with van der Waals surface area (Å²) in [7, 11) is 0. The van der Waals surface area contributed by atoms with Crippen molar-refractivity contribution in [1.29, 1.82) is 0 Å². The smallest absolute Gasteiger partial charge is 0.349 e. The Morgan fingerprint density at radius 3 is 2.42 bits per heavy atom. The highest BCUT2D eigenvalue weighted by Crippen LogP contribution is 2.30. The number of carbonyl (C=O) groups excluding carboxylic acids is 1.